The molecule has 0 saturated carbocycles. The van der Waals surface area contributed by atoms with Crippen molar-refractivity contribution in [2.24, 2.45) is 5.92 Å². The van der Waals surface area contributed by atoms with E-state index in [2.05, 4.69) is 26.0 Å². The van der Waals surface area contributed by atoms with Gasteiger partial charge in [0.25, 0.3) is 0 Å². The van der Waals surface area contributed by atoms with E-state index >= 15 is 0 Å². The zero-order chi connectivity index (χ0) is 11.0. The lowest BCUT2D eigenvalue weighted by molar-refractivity contribution is -0.121. The van der Waals surface area contributed by atoms with E-state index in [0.717, 1.165) is 19.3 Å². The smallest absolute Gasteiger partial charge is 0.133 e. The highest BCUT2D eigenvalue weighted by Crippen LogP contribution is 2.30. The fourth-order valence-corrected chi connectivity index (χ4v) is 2.57. The summed E-state index contributed by atoms with van der Waals surface area (Å²) in [5.41, 5.74) is 5.66. The van der Waals surface area contributed by atoms with Gasteiger partial charge in [0.1, 0.15) is 5.78 Å². The molecule has 0 fully saturated rings. The molecule has 0 aliphatic heterocycles. The number of carbonyl (C=O) groups excluding carboxylic acids is 1. The van der Waals surface area contributed by atoms with Crippen molar-refractivity contribution in [2.75, 3.05) is 0 Å². The van der Waals surface area contributed by atoms with Crippen LogP contribution in [0.5, 0.6) is 0 Å². The minimum absolute atomic E-state index is 0.262. The molecule has 15 heavy (non-hydrogen) atoms. The van der Waals surface area contributed by atoms with Crippen molar-refractivity contribution >= 4 is 5.78 Å². The summed E-state index contributed by atoms with van der Waals surface area (Å²) in [5, 5.41) is 0. The van der Waals surface area contributed by atoms with E-state index < -0.39 is 0 Å². The van der Waals surface area contributed by atoms with Crippen LogP contribution < -0.4 is 0 Å². The van der Waals surface area contributed by atoms with Crippen LogP contribution in [0.25, 0.3) is 0 Å². The van der Waals surface area contributed by atoms with E-state index in [4.69, 9.17) is 0 Å². The normalized spacial score (nSPS) is 19.8. The third-order valence-corrected chi connectivity index (χ3v) is 3.67. The molecule has 0 bridgehead atoms. The number of hydrogen-bond acceptors (Lipinski definition) is 1. The van der Waals surface area contributed by atoms with Crippen LogP contribution in [0.15, 0.2) is 12.1 Å². The van der Waals surface area contributed by atoms with Gasteiger partial charge in [-0.25, -0.2) is 0 Å². The van der Waals surface area contributed by atoms with E-state index in [9.17, 15) is 4.79 Å². The van der Waals surface area contributed by atoms with Gasteiger partial charge in [0.05, 0.1) is 0 Å². The number of benzene rings is 1. The Morgan fingerprint density at radius 2 is 1.80 bits per heavy atom. The van der Waals surface area contributed by atoms with Gasteiger partial charge in [-0.2, -0.15) is 0 Å². The molecule has 2 rings (SSSR count). The second kappa shape index (κ2) is 3.80. The first-order chi connectivity index (χ1) is 7.09. The lowest BCUT2D eigenvalue weighted by atomic mass is 9.79. The van der Waals surface area contributed by atoms with Crippen LogP contribution in [-0.2, 0) is 17.6 Å². The van der Waals surface area contributed by atoms with E-state index in [-0.39, 0.29) is 5.92 Å². The highest BCUT2D eigenvalue weighted by molar-refractivity contribution is 5.79. The number of aryl methyl sites for hydroxylation is 2. The number of carbonyl (C=O) groups is 1. The summed E-state index contributed by atoms with van der Waals surface area (Å²) >= 11 is 0. The summed E-state index contributed by atoms with van der Waals surface area (Å²) in [7, 11) is 0. The third-order valence-electron chi connectivity index (χ3n) is 3.67. The van der Waals surface area contributed by atoms with Gasteiger partial charge in [0, 0.05) is 5.92 Å². The summed E-state index contributed by atoms with van der Waals surface area (Å²) in [6.45, 7) is 6.05. The largest absolute Gasteiger partial charge is 0.300 e. The molecule has 1 aromatic rings. The van der Waals surface area contributed by atoms with E-state index in [0.29, 0.717) is 5.78 Å². The summed E-state index contributed by atoms with van der Waals surface area (Å²) in [4.78, 5) is 11.4. The molecule has 1 unspecified atom stereocenters. The SMILES string of the molecule is CC(=O)C1CCc2c(C)ccc(C)c2C1. The predicted octanol–water partition coefficient (Wildman–Crippen LogP) is 3.00. The van der Waals surface area contributed by atoms with Crippen molar-refractivity contribution in [1.29, 1.82) is 0 Å². The molecule has 80 valence electrons. The van der Waals surface area contributed by atoms with Crippen molar-refractivity contribution in [3.63, 3.8) is 0 Å². The molecular formula is C14H18O. The summed E-state index contributed by atoms with van der Waals surface area (Å²) in [6, 6.07) is 4.37. The third kappa shape index (κ3) is 1.83. The summed E-state index contributed by atoms with van der Waals surface area (Å²) in [5.74, 6) is 0.611. The van der Waals surface area contributed by atoms with Gasteiger partial charge >= 0.3 is 0 Å². The van der Waals surface area contributed by atoms with Crippen molar-refractivity contribution in [1.82, 2.24) is 0 Å². The fraction of sp³-hybridized carbons (Fsp3) is 0.500. The van der Waals surface area contributed by atoms with Gasteiger partial charge < -0.3 is 0 Å². The number of fused-ring (bicyclic) bond motifs is 1. The molecule has 0 heterocycles. The zero-order valence-corrected chi connectivity index (χ0v) is 9.76. The number of ketones is 1. The van der Waals surface area contributed by atoms with Gasteiger partial charge in [0.15, 0.2) is 0 Å². The Bertz CT molecular complexity index is 404. The molecule has 1 heteroatoms. The number of rotatable bonds is 1. The van der Waals surface area contributed by atoms with E-state index in [1.165, 1.54) is 22.3 Å². The molecule has 0 N–H and O–H groups in total. The predicted molar refractivity (Wildman–Crippen MR) is 62.1 cm³/mol. The first kappa shape index (κ1) is 10.4. The zero-order valence-electron chi connectivity index (χ0n) is 9.76. The van der Waals surface area contributed by atoms with E-state index in [1.807, 2.05) is 0 Å². The Morgan fingerprint density at radius 1 is 1.20 bits per heavy atom. The van der Waals surface area contributed by atoms with Crippen LogP contribution in [0.1, 0.15) is 35.6 Å². The molecule has 1 aromatic carbocycles. The van der Waals surface area contributed by atoms with Gasteiger partial charge in [-0.05, 0) is 62.3 Å². The van der Waals surface area contributed by atoms with E-state index in [1.54, 1.807) is 6.92 Å². The Morgan fingerprint density at radius 3 is 2.40 bits per heavy atom. The molecule has 0 radical (unpaired) electrons. The van der Waals surface area contributed by atoms with Gasteiger partial charge in [-0.3, -0.25) is 4.79 Å². The van der Waals surface area contributed by atoms with Crippen LogP contribution in [0.3, 0.4) is 0 Å². The molecule has 0 aromatic heterocycles. The van der Waals surface area contributed by atoms with Gasteiger partial charge in [0.2, 0.25) is 0 Å². The highest BCUT2D eigenvalue weighted by atomic mass is 16.1. The second-order valence-electron chi connectivity index (χ2n) is 4.71. The van der Waals surface area contributed by atoms with Gasteiger partial charge in [-0.1, -0.05) is 12.1 Å². The first-order valence-electron chi connectivity index (χ1n) is 5.68. The Kier molecular flexibility index (Phi) is 2.64. The molecule has 0 amide bonds. The quantitative estimate of drug-likeness (QED) is 0.684. The van der Waals surface area contributed by atoms with Crippen LogP contribution in [-0.4, -0.2) is 5.78 Å². The van der Waals surface area contributed by atoms with Crippen molar-refractivity contribution in [2.45, 2.75) is 40.0 Å². The number of hydrogen-bond donors (Lipinski definition) is 0. The second-order valence-corrected chi connectivity index (χ2v) is 4.71. The summed E-state index contributed by atoms with van der Waals surface area (Å²) < 4.78 is 0. The first-order valence-corrected chi connectivity index (χ1v) is 5.68. The maximum Gasteiger partial charge on any atom is 0.133 e. The Balaban J connectivity index is 2.41. The average Bonchev–Trinajstić information content (AvgIpc) is 2.23. The Hall–Kier alpha value is -1.11. The van der Waals surface area contributed by atoms with Crippen molar-refractivity contribution in [3.8, 4) is 0 Å². The fourth-order valence-electron chi connectivity index (χ4n) is 2.57. The lowest BCUT2D eigenvalue weighted by Gasteiger charge is -2.25. The van der Waals surface area contributed by atoms with Crippen molar-refractivity contribution < 1.29 is 4.79 Å². The molecular weight excluding hydrogens is 184 g/mol. The van der Waals surface area contributed by atoms with Gasteiger partial charge in [-0.15, -0.1) is 0 Å². The lowest BCUT2D eigenvalue weighted by Crippen LogP contribution is -2.21. The van der Waals surface area contributed by atoms with Crippen LogP contribution in [0.4, 0.5) is 0 Å². The Labute approximate surface area is 91.5 Å². The standard InChI is InChI=1S/C14H18O/c1-9-4-5-10(2)14-8-12(11(3)15)6-7-13(9)14/h4-5,12H,6-8H2,1-3H3. The molecule has 1 atom stereocenters. The summed E-state index contributed by atoms with van der Waals surface area (Å²) in [6.07, 6.45) is 3.07. The van der Waals surface area contributed by atoms with Crippen LogP contribution >= 0.6 is 0 Å². The van der Waals surface area contributed by atoms with Crippen LogP contribution in [0, 0.1) is 19.8 Å². The number of Topliss-reactive ketones (excluding diaryl/α,β-unsaturated/α-hetero) is 1. The molecule has 0 saturated heterocycles. The molecule has 1 nitrogen and oxygen atoms in total. The highest BCUT2D eigenvalue weighted by Gasteiger charge is 2.23. The topological polar surface area (TPSA) is 17.1 Å². The molecule has 1 aliphatic carbocycles. The average molecular weight is 202 g/mol. The molecule has 0 spiro atoms. The van der Waals surface area contributed by atoms with Crippen LogP contribution in [0.2, 0.25) is 0 Å². The minimum Gasteiger partial charge on any atom is -0.300 e. The monoisotopic (exact) mass is 202 g/mol. The van der Waals surface area contributed by atoms with Crippen molar-refractivity contribution in [3.05, 3.63) is 34.4 Å². The minimum atomic E-state index is 0.262. The molecule has 1 aliphatic rings. The maximum atomic E-state index is 11.4. The maximum absolute atomic E-state index is 11.4.